The second kappa shape index (κ2) is 6.01. The van der Waals surface area contributed by atoms with E-state index in [1.807, 2.05) is 57.2 Å². The van der Waals surface area contributed by atoms with Gasteiger partial charge in [-0.2, -0.15) is 0 Å². The van der Waals surface area contributed by atoms with Crippen molar-refractivity contribution in [3.8, 4) is 0 Å². The van der Waals surface area contributed by atoms with Crippen LogP contribution in [0.15, 0.2) is 35.3 Å². The molecule has 0 aliphatic carbocycles. The molecule has 0 aliphatic rings. The van der Waals surface area contributed by atoms with E-state index in [-0.39, 0.29) is 5.91 Å². The Morgan fingerprint density at radius 1 is 1.38 bits per heavy atom. The fraction of sp³-hybridized carbons (Fsp3) is 0.286. The van der Waals surface area contributed by atoms with Crippen LogP contribution < -0.4 is 0 Å². The van der Waals surface area contributed by atoms with Crippen LogP contribution in [0, 0.1) is 0 Å². The van der Waals surface area contributed by atoms with Gasteiger partial charge in [0.25, 0.3) is 0 Å². The Bertz CT molecular complexity index is 430. The molecule has 0 saturated carbocycles. The lowest BCUT2D eigenvalue weighted by atomic mass is 10.0. The molecule has 1 aromatic carbocycles. The van der Waals surface area contributed by atoms with Crippen LogP contribution in [0.5, 0.6) is 0 Å². The summed E-state index contributed by atoms with van der Waals surface area (Å²) >= 11 is 0. The molecule has 0 radical (unpaired) electrons. The summed E-state index contributed by atoms with van der Waals surface area (Å²) in [4.78, 5) is 15.3. The molecule has 16 heavy (non-hydrogen) atoms. The number of aliphatic imine (C=N–C) groups is 1. The summed E-state index contributed by atoms with van der Waals surface area (Å²) in [6.07, 6.45) is 4.45. The SMILES string of the molecule is C/C=C\c1ccccc1C(C)=NC(=O)CC. The van der Waals surface area contributed by atoms with Gasteiger partial charge in [-0.25, -0.2) is 4.99 Å². The zero-order valence-electron chi connectivity index (χ0n) is 10.0. The molecule has 0 aliphatic heterocycles. The molecule has 0 N–H and O–H groups in total. The van der Waals surface area contributed by atoms with Gasteiger partial charge in [-0.05, 0) is 19.4 Å². The monoisotopic (exact) mass is 215 g/mol. The van der Waals surface area contributed by atoms with Crippen molar-refractivity contribution in [2.24, 2.45) is 4.99 Å². The number of carbonyl (C=O) groups is 1. The van der Waals surface area contributed by atoms with E-state index in [0.717, 1.165) is 16.8 Å². The van der Waals surface area contributed by atoms with Crippen molar-refractivity contribution in [2.75, 3.05) is 0 Å². The molecule has 0 bridgehead atoms. The summed E-state index contributed by atoms with van der Waals surface area (Å²) in [7, 11) is 0. The molecule has 0 aromatic heterocycles. The largest absolute Gasteiger partial charge is 0.273 e. The molecular formula is C14H17NO. The molecule has 0 unspecified atom stereocenters. The van der Waals surface area contributed by atoms with E-state index in [0.29, 0.717) is 6.42 Å². The molecule has 0 spiro atoms. The highest BCUT2D eigenvalue weighted by molar-refractivity contribution is 6.07. The van der Waals surface area contributed by atoms with Crippen LogP contribution in [0.2, 0.25) is 0 Å². The Balaban J connectivity index is 3.12. The minimum absolute atomic E-state index is 0.0761. The van der Waals surface area contributed by atoms with Crippen molar-refractivity contribution in [1.29, 1.82) is 0 Å². The lowest BCUT2D eigenvalue weighted by Crippen LogP contribution is -2.02. The van der Waals surface area contributed by atoms with Crippen LogP contribution in [0.3, 0.4) is 0 Å². The second-order valence-electron chi connectivity index (χ2n) is 3.53. The van der Waals surface area contributed by atoms with Crippen molar-refractivity contribution < 1.29 is 4.79 Å². The summed E-state index contributed by atoms with van der Waals surface area (Å²) in [6.45, 7) is 5.66. The summed E-state index contributed by atoms with van der Waals surface area (Å²) in [6, 6.07) is 7.94. The van der Waals surface area contributed by atoms with Crippen LogP contribution >= 0.6 is 0 Å². The highest BCUT2D eigenvalue weighted by Crippen LogP contribution is 2.12. The number of carbonyl (C=O) groups excluding carboxylic acids is 1. The Hall–Kier alpha value is -1.70. The van der Waals surface area contributed by atoms with E-state index < -0.39 is 0 Å². The van der Waals surface area contributed by atoms with E-state index in [4.69, 9.17) is 0 Å². The van der Waals surface area contributed by atoms with Crippen LogP contribution in [0.4, 0.5) is 0 Å². The molecule has 2 heteroatoms. The van der Waals surface area contributed by atoms with Crippen LogP contribution in [0.25, 0.3) is 6.08 Å². The van der Waals surface area contributed by atoms with Crippen LogP contribution in [0.1, 0.15) is 38.3 Å². The predicted octanol–water partition coefficient (Wildman–Crippen LogP) is 3.47. The summed E-state index contributed by atoms with van der Waals surface area (Å²) in [5, 5.41) is 0. The minimum atomic E-state index is -0.0761. The number of hydrogen-bond acceptors (Lipinski definition) is 1. The zero-order chi connectivity index (χ0) is 12.0. The van der Waals surface area contributed by atoms with Crippen molar-refractivity contribution >= 4 is 17.7 Å². The average molecular weight is 215 g/mol. The first-order valence-electron chi connectivity index (χ1n) is 5.49. The quantitative estimate of drug-likeness (QED) is 0.710. The molecule has 0 fully saturated rings. The second-order valence-corrected chi connectivity index (χ2v) is 3.53. The summed E-state index contributed by atoms with van der Waals surface area (Å²) in [5.74, 6) is -0.0761. The van der Waals surface area contributed by atoms with E-state index in [2.05, 4.69) is 4.99 Å². The number of nitrogens with zero attached hydrogens (tertiary/aromatic N) is 1. The fourth-order valence-electron chi connectivity index (χ4n) is 1.48. The maximum atomic E-state index is 11.3. The third-order valence-electron chi connectivity index (χ3n) is 2.29. The van der Waals surface area contributed by atoms with Gasteiger partial charge in [0.1, 0.15) is 0 Å². The third-order valence-corrected chi connectivity index (χ3v) is 2.29. The van der Waals surface area contributed by atoms with Gasteiger partial charge in [0.05, 0.1) is 0 Å². The Morgan fingerprint density at radius 2 is 2.06 bits per heavy atom. The number of benzene rings is 1. The van der Waals surface area contributed by atoms with Gasteiger partial charge in [-0.3, -0.25) is 4.79 Å². The number of rotatable bonds is 3. The molecule has 1 amide bonds. The van der Waals surface area contributed by atoms with Crippen molar-refractivity contribution in [3.05, 3.63) is 41.5 Å². The molecule has 0 heterocycles. The van der Waals surface area contributed by atoms with Gasteiger partial charge in [0, 0.05) is 17.7 Å². The van der Waals surface area contributed by atoms with Gasteiger partial charge >= 0.3 is 0 Å². The predicted molar refractivity (Wildman–Crippen MR) is 68.7 cm³/mol. The maximum Gasteiger partial charge on any atom is 0.245 e. The van der Waals surface area contributed by atoms with Gasteiger partial charge in [-0.15, -0.1) is 0 Å². The molecule has 1 rings (SSSR count). The number of amides is 1. The first-order chi connectivity index (χ1) is 7.69. The van der Waals surface area contributed by atoms with Crippen molar-refractivity contribution in [3.63, 3.8) is 0 Å². The van der Waals surface area contributed by atoms with Crippen molar-refractivity contribution in [1.82, 2.24) is 0 Å². The van der Waals surface area contributed by atoms with Gasteiger partial charge in [0.15, 0.2) is 0 Å². The first kappa shape index (κ1) is 12.4. The number of allylic oxidation sites excluding steroid dienone is 1. The summed E-state index contributed by atoms with van der Waals surface area (Å²) in [5.41, 5.74) is 2.89. The Kier molecular flexibility index (Phi) is 4.65. The van der Waals surface area contributed by atoms with Crippen LogP contribution in [-0.4, -0.2) is 11.6 Å². The smallest absolute Gasteiger partial charge is 0.245 e. The fourth-order valence-corrected chi connectivity index (χ4v) is 1.48. The maximum absolute atomic E-state index is 11.3. The van der Waals surface area contributed by atoms with Gasteiger partial charge in [0.2, 0.25) is 5.91 Å². The van der Waals surface area contributed by atoms with Crippen LogP contribution in [-0.2, 0) is 4.79 Å². The highest BCUT2D eigenvalue weighted by Gasteiger charge is 2.03. The lowest BCUT2D eigenvalue weighted by molar-refractivity contribution is -0.117. The van der Waals surface area contributed by atoms with E-state index in [9.17, 15) is 4.79 Å². The molecule has 0 atom stereocenters. The standard InChI is InChI=1S/C14H17NO/c1-4-8-12-9-6-7-10-13(12)11(3)15-14(16)5-2/h4,6-10H,5H2,1-3H3/b8-4-,15-11?. The van der Waals surface area contributed by atoms with E-state index >= 15 is 0 Å². The number of hydrogen-bond donors (Lipinski definition) is 0. The Morgan fingerprint density at radius 3 is 2.69 bits per heavy atom. The molecule has 1 aromatic rings. The summed E-state index contributed by atoms with van der Waals surface area (Å²) < 4.78 is 0. The molecule has 84 valence electrons. The van der Waals surface area contributed by atoms with Crippen molar-refractivity contribution in [2.45, 2.75) is 27.2 Å². The average Bonchev–Trinajstić information content (AvgIpc) is 2.30. The lowest BCUT2D eigenvalue weighted by Gasteiger charge is -2.04. The normalized spacial score (nSPS) is 12.1. The van der Waals surface area contributed by atoms with Gasteiger partial charge < -0.3 is 0 Å². The third kappa shape index (κ3) is 3.16. The topological polar surface area (TPSA) is 29.4 Å². The van der Waals surface area contributed by atoms with Gasteiger partial charge in [-0.1, -0.05) is 43.3 Å². The molecule has 0 saturated heterocycles. The van der Waals surface area contributed by atoms with E-state index in [1.165, 1.54) is 0 Å². The molecule has 2 nitrogen and oxygen atoms in total. The van der Waals surface area contributed by atoms with E-state index in [1.54, 1.807) is 0 Å². The minimum Gasteiger partial charge on any atom is -0.273 e. The highest BCUT2D eigenvalue weighted by atomic mass is 16.1. The Labute approximate surface area is 96.7 Å². The molecular weight excluding hydrogens is 198 g/mol. The first-order valence-corrected chi connectivity index (χ1v) is 5.49. The zero-order valence-corrected chi connectivity index (χ0v) is 10.0.